The van der Waals surface area contributed by atoms with Crippen molar-refractivity contribution >= 4 is 28.5 Å². The monoisotopic (exact) mass is 262 g/mol. The second-order valence-corrected chi connectivity index (χ2v) is 5.86. The number of hydrogen-bond donors (Lipinski definition) is 1. The minimum absolute atomic E-state index is 0.779. The summed E-state index contributed by atoms with van der Waals surface area (Å²) in [6.07, 6.45) is 1.92. The van der Waals surface area contributed by atoms with Crippen LogP contribution in [0.1, 0.15) is 0 Å². The first-order chi connectivity index (χ1) is 8.83. The van der Waals surface area contributed by atoms with Crippen LogP contribution in [0.15, 0.2) is 24.5 Å². The first-order valence-corrected chi connectivity index (χ1v) is 7.49. The molecule has 0 amide bonds. The molecule has 0 atom stereocenters. The van der Waals surface area contributed by atoms with Crippen molar-refractivity contribution in [1.82, 2.24) is 14.5 Å². The van der Waals surface area contributed by atoms with E-state index >= 15 is 0 Å². The Balaban J connectivity index is 1.70. The largest absolute Gasteiger partial charge is 0.399 e. The smallest absolute Gasteiger partial charge is 0.0958 e. The number of thioether (sulfide) groups is 1. The number of aromatic nitrogens is 2. The summed E-state index contributed by atoms with van der Waals surface area (Å²) in [5.41, 5.74) is 8.71. The Bertz CT molecular complexity index is 531. The van der Waals surface area contributed by atoms with Crippen molar-refractivity contribution in [2.45, 2.75) is 6.54 Å². The zero-order valence-corrected chi connectivity index (χ0v) is 11.2. The van der Waals surface area contributed by atoms with Gasteiger partial charge < -0.3 is 10.3 Å². The van der Waals surface area contributed by atoms with Crippen molar-refractivity contribution in [3.8, 4) is 0 Å². The maximum Gasteiger partial charge on any atom is 0.0958 e. The highest BCUT2D eigenvalue weighted by Gasteiger charge is 2.10. The number of anilines is 1. The molecule has 0 unspecified atom stereocenters. The van der Waals surface area contributed by atoms with Gasteiger partial charge >= 0.3 is 0 Å². The minimum Gasteiger partial charge on any atom is -0.399 e. The Labute approximate surface area is 111 Å². The van der Waals surface area contributed by atoms with E-state index in [1.54, 1.807) is 0 Å². The number of nitrogens with two attached hydrogens (primary N) is 1. The average molecular weight is 262 g/mol. The van der Waals surface area contributed by atoms with E-state index in [0.29, 0.717) is 0 Å². The molecule has 2 heterocycles. The molecule has 1 aromatic heterocycles. The molecule has 2 aromatic rings. The third-order valence-corrected chi connectivity index (χ3v) is 4.35. The lowest BCUT2D eigenvalue weighted by molar-refractivity contribution is 0.291. The summed E-state index contributed by atoms with van der Waals surface area (Å²) in [5, 5.41) is 0. The van der Waals surface area contributed by atoms with Crippen molar-refractivity contribution in [3.63, 3.8) is 0 Å². The summed E-state index contributed by atoms with van der Waals surface area (Å²) in [4.78, 5) is 6.93. The van der Waals surface area contributed by atoms with Crippen LogP contribution in [-0.2, 0) is 6.54 Å². The SMILES string of the molecule is Nc1ccc2c(c1)ncn2CCN1CCSCC1. The number of fused-ring (bicyclic) bond motifs is 1. The quantitative estimate of drug-likeness (QED) is 0.855. The molecule has 5 heteroatoms. The summed E-state index contributed by atoms with van der Waals surface area (Å²) in [7, 11) is 0. The van der Waals surface area contributed by atoms with Crippen molar-refractivity contribution in [3.05, 3.63) is 24.5 Å². The lowest BCUT2D eigenvalue weighted by Gasteiger charge is -2.26. The third kappa shape index (κ3) is 2.47. The van der Waals surface area contributed by atoms with Crippen molar-refractivity contribution in [2.24, 2.45) is 0 Å². The molecule has 2 N–H and O–H groups in total. The standard InChI is InChI=1S/C13H18N4S/c14-11-1-2-13-12(9-11)15-10-17(13)4-3-16-5-7-18-8-6-16/h1-2,9-10H,3-8,14H2. The van der Waals surface area contributed by atoms with Crippen LogP contribution >= 0.6 is 11.8 Å². The fourth-order valence-corrected chi connectivity index (χ4v) is 3.31. The Morgan fingerprint density at radius 3 is 2.89 bits per heavy atom. The van der Waals surface area contributed by atoms with Gasteiger partial charge in [-0.15, -0.1) is 0 Å². The van der Waals surface area contributed by atoms with Crippen LogP contribution in [0.5, 0.6) is 0 Å². The van der Waals surface area contributed by atoms with Crippen LogP contribution in [-0.4, -0.2) is 45.6 Å². The maximum absolute atomic E-state index is 5.76. The van der Waals surface area contributed by atoms with Crippen LogP contribution in [0, 0.1) is 0 Å². The number of nitrogen functional groups attached to an aromatic ring is 1. The van der Waals surface area contributed by atoms with Crippen molar-refractivity contribution in [2.75, 3.05) is 36.9 Å². The first-order valence-electron chi connectivity index (χ1n) is 6.33. The highest BCUT2D eigenvalue weighted by atomic mass is 32.2. The molecule has 0 aliphatic carbocycles. The Hall–Kier alpha value is -1.20. The lowest BCUT2D eigenvalue weighted by atomic mass is 10.3. The summed E-state index contributed by atoms with van der Waals surface area (Å²) in [6.45, 7) is 4.54. The van der Waals surface area contributed by atoms with Gasteiger partial charge in [0.15, 0.2) is 0 Å². The molecule has 0 radical (unpaired) electrons. The van der Waals surface area contributed by atoms with Gasteiger partial charge in [-0.05, 0) is 18.2 Å². The van der Waals surface area contributed by atoms with Crippen LogP contribution in [0.2, 0.25) is 0 Å². The molecular weight excluding hydrogens is 244 g/mol. The van der Waals surface area contributed by atoms with E-state index in [9.17, 15) is 0 Å². The second-order valence-electron chi connectivity index (χ2n) is 4.64. The lowest BCUT2D eigenvalue weighted by Crippen LogP contribution is -2.34. The average Bonchev–Trinajstić information content (AvgIpc) is 2.80. The molecule has 1 aliphatic rings. The molecule has 18 heavy (non-hydrogen) atoms. The zero-order chi connectivity index (χ0) is 12.4. The molecular formula is C13H18N4S. The van der Waals surface area contributed by atoms with Gasteiger partial charge in [0.25, 0.3) is 0 Å². The van der Waals surface area contributed by atoms with E-state index in [-0.39, 0.29) is 0 Å². The van der Waals surface area contributed by atoms with Gasteiger partial charge in [0.2, 0.25) is 0 Å². The van der Waals surface area contributed by atoms with E-state index < -0.39 is 0 Å². The number of nitrogens with zero attached hydrogens (tertiary/aromatic N) is 3. The normalized spacial score (nSPS) is 17.3. The van der Waals surface area contributed by atoms with Crippen LogP contribution in [0.4, 0.5) is 5.69 Å². The molecule has 1 aliphatic heterocycles. The summed E-state index contributed by atoms with van der Waals surface area (Å²) < 4.78 is 2.22. The van der Waals surface area contributed by atoms with Crippen molar-refractivity contribution in [1.29, 1.82) is 0 Å². The fraction of sp³-hybridized carbons (Fsp3) is 0.462. The van der Waals surface area contributed by atoms with Crippen molar-refractivity contribution < 1.29 is 0 Å². The van der Waals surface area contributed by atoms with Crippen LogP contribution in [0.3, 0.4) is 0 Å². The molecule has 96 valence electrons. The van der Waals surface area contributed by atoms with Gasteiger partial charge in [0.1, 0.15) is 0 Å². The number of imidazole rings is 1. The van der Waals surface area contributed by atoms with Gasteiger partial charge in [-0.3, -0.25) is 4.90 Å². The van der Waals surface area contributed by atoms with E-state index in [0.717, 1.165) is 24.3 Å². The number of rotatable bonds is 3. The molecule has 1 saturated heterocycles. The molecule has 0 spiro atoms. The molecule has 4 nitrogen and oxygen atoms in total. The van der Waals surface area contributed by atoms with Gasteiger partial charge in [0.05, 0.1) is 17.4 Å². The van der Waals surface area contributed by atoms with Crippen LogP contribution < -0.4 is 5.73 Å². The summed E-state index contributed by atoms with van der Waals surface area (Å²) >= 11 is 2.05. The molecule has 0 saturated carbocycles. The summed E-state index contributed by atoms with van der Waals surface area (Å²) in [5.74, 6) is 2.53. The van der Waals surface area contributed by atoms with Gasteiger partial charge in [-0.25, -0.2) is 4.98 Å². The third-order valence-electron chi connectivity index (χ3n) is 3.41. The van der Waals surface area contributed by atoms with Crippen LogP contribution in [0.25, 0.3) is 11.0 Å². The van der Waals surface area contributed by atoms with Gasteiger partial charge in [0, 0.05) is 43.4 Å². The van der Waals surface area contributed by atoms with Gasteiger partial charge in [-0.1, -0.05) is 0 Å². The van der Waals surface area contributed by atoms with E-state index in [1.165, 1.54) is 30.1 Å². The first kappa shape index (κ1) is 11.9. The highest BCUT2D eigenvalue weighted by Crippen LogP contribution is 2.16. The molecule has 0 bridgehead atoms. The molecule has 1 aromatic carbocycles. The minimum atomic E-state index is 0.779. The van der Waals surface area contributed by atoms with Gasteiger partial charge in [-0.2, -0.15) is 11.8 Å². The predicted octanol–water partition coefficient (Wildman–Crippen LogP) is 1.67. The fourth-order valence-electron chi connectivity index (χ4n) is 2.33. The Kier molecular flexibility index (Phi) is 3.43. The Morgan fingerprint density at radius 2 is 2.06 bits per heavy atom. The highest BCUT2D eigenvalue weighted by molar-refractivity contribution is 7.99. The summed E-state index contributed by atoms with van der Waals surface area (Å²) in [6, 6.07) is 5.94. The second kappa shape index (κ2) is 5.20. The van der Waals surface area contributed by atoms with E-state index in [2.05, 4.69) is 32.3 Å². The molecule has 1 fully saturated rings. The number of hydrogen-bond acceptors (Lipinski definition) is 4. The molecule has 3 rings (SSSR count). The van der Waals surface area contributed by atoms with E-state index in [1.807, 2.05) is 18.5 Å². The predicted molar refractivity (Wildman–Crippen MR) is 77.9 cm³/mol. The van der Waals surface area contributed by atoms with E-state index in [4.69, 9.17) is 5.73 Å². The Morgan fingerprint density at radius 1 is 1.22 bits per heavy atom. The number of benzene rings is 1. The zero-order valence-electron chi connectivity index (χ0n) is 10.4. The maximum atomic E-state index is 5.76. The topological polar surface area (TPSA) is 47.1 Å².